The van der Waals surface area contributed by atoms with E-state index in [1.807, 2.05) is 6.92 Å². The minimum Gasteiger partial charge on any atom is -0.459 e. The number of hydrogen-bond acceptors (Lipinski definition) is 11. The normalized spacial score (nSPS) is 14.2. The Hall–Kier alpha value is -3.34. The third-order valence-corrected chi connectivity index (χ3v) is 4.77. The lowest BCUT2D eigenvalue weighted by atomic mass is 10.1. The van der Waals surface area contributed by atoms with Crippen molar-refractivity contribution in [2.45, 2.75) is 58.8 Å². The Kier molecular flexibility index (Phi) is 11.1. The zero-order valence-corrected chi connectivity index (χ0v) is 19.6. The minimum atomic E-state index is -1.07. The predicted octanol–water partition coefficient (Wildman–Crippen LogP) is 2.76. The molecule has 1 rings (SSSR count). The maximum Gasteiger partial charge on any atom is 0.513 e. The van der Waals surface area contributed by atoms with E-state index >= 15 is 0 Å². The van der Waals surface area contributed by atoms with Crippen LogP contribution in [-0.2, 0) is 35.0 Å². The summed E-state index contributed by atoms with van der Waals surface area (Å²) >= 11 is 0. The van der Waals surface area contributed by atoms with Gasteiger partial charge in [0.25, 0.3) is 0 Å². The SMILES string of the molecule is CCC(C)C(=O)O[C@@H](C)[C@H](C)OC(=O)[C@@H](N)Cc1ccc(OC(=O)OC)c(OC(=O)OC)c1. The molecule has 0 aromatic heterocycles. The van der Waals surface area contributed by atoms with Gasteiger partial charge in [0.1, 0.15) is 18.2 Å². The lowest BCUT2D eigenvalue weighted by molar-refractivity contribution is -0.168. The molecule has 0 aliphatic rings. The molecule has 184 valence electrons. The maximum atomic E-state index is 12.4. The number of benzene rings is 1. The predicted molar refractivity (Wildman–Crippen MR) is 115 cm³/mol. The number of ether oxygens (including phenoxy) is 6. The van der Waals surface area contributed by atoms with Gasteiger partial charge >= 0.3 is 24.2 Å². The Morgan fingerprint density at radius 3 is 1.88 bits per heavy atom. The summed E-state index contributed by atoms with van der Waals surface area (Å²) in [6.45, 7) is 6.84. The molecule has 0 bridgehead atoms. The van der Waals surface area contributed by atoms with Crippen LogP contribution in [0.2, 0.25) is 0 Å². The Bertz CT molecular complexity index is 840. The number of methoxy groups -OCH3 is 2. The Morgan fingerprint density at radius 2 is 1.36 bits per heavy atom. The molecule has 11 nitrogen and oxygen atoms in total. The average Bonchev–Trinajstić information content (AvgIpc) is 2.79. The molecule has 0 spiro atoms. The third-order valence-electron chi connectivity index (χ3n) is 4.77. The summed E-state index contributed by atoms with van der Waals surface area (Å²) in [4.78, 5) is 47.2. The van der Waals surface area contributed by atoms with Crippen molar-refractivity contribution < 1.29 is 47.6 Å². The fraction of sp³-hybridized carbons (Fsp3) is 0.545. The molecule has 0 amide bonds. The van der Waals surface area contributed by atoms with Crippen LogP contribution < -0.4 is 15.2 Å². The van der Waals surface area contributed by atoms with E-state index in [4.69, 9.17) is 24.7 Å². The summed E-state index contributed by atoms with van der Waals surface area (Å²) < 4.78 is 29.4. The van der Waals surface area contributed by atoms with E-state index in [1.54, 1.807) is 20.8 Å². The summed E-state index contributed by atoms with van der Waals surface area (Å²) in [5.74, 6) is -1.57. The number of esters is 2. The van der Waals surface area contributed by atoms with Gasteiger partial charge in [-0.3, -0.25) is 9.59 Å². The first kappa shape index (κ1) is 27.7. The van der Waals surface area contributed by atoms with E-state index in [9.17, 15) is 19.2 Å². The van der Waals surface area contributed by atoms with Crippen LogP contribution in [0.4, 0.5) is 9.59 Å². The fourth-order valence-electron chi connectivity index (χ4n) is 2.37. The van der Waals surface area contributed by atoms with E-state index in [-0.39, 0.29) is 29.8 Å². The number of hydrogen-bond donors (Lipinski definition) is 1. The first-order valence-electron chi connectivity index (χ1n) is 10.3. The molecule has 0 aliphatic carbocycles. The minimum absolute atomic E-state index is 0.0165. The topological polar surface area (TPSA) is 150 Å². The second-order valence-corrected chi connectivity index (χ2v) is 7.30. The smallest absolute Gasteiger partial charge is 0.459 e. The Labute approximate surface area is 192 Å². The molecule has 0 saturated carbocycles. The second kappa shape index (κ2) is 13.3. The molecular formula is C22H31NO10. The quantitative estimate of drug-likeness (QED) is 0.306. The van der Waals surface area contributed by atoms with Crippen molar-refractivity contribution in [1.82, 2.24) is 0 Å². The lowest BCUT2D eigenvalue weighted by Gasteiger charge is -2.23. The average molecular weight is 469 g/mol. The van der Waals surface area contributed by atoms with Gasteiger partial charge in [0.15, 0.2) is 11.5 Å². The van der Waals surface area contributed by atoms with Crippen molar-refractivity contribution in [1.29, 1.82) is 0 Å². The van der Waals surface area contributed by atoms with E-state index in [2.05, 4.69) is 9.47 Å². The van der Waals surface area contributed by atoms with Gasteiger partial charge in [-0.05, 0) is 44.4 Å². The third kappa shape index (κ3) is 8.97. The largest absolute Gasteiger partial charge is 0.513 e. The van der Waals surface area contributed by atoms with Crippen molar-refractivity contribution in [2.24, 2.45) is 11.7 Å². The van der Waals surface area contributed by atoms with Crippen molar-refractivity contribution in [3.05, 3.63) is 23.8 Å². The summed E-state index contributed by atoms with van der Waals surface area (Å²) in [7, 11) is 2.23. The van der Waals surface area contributed by atoms with Gasteiger partial charge in [-0.2, -0.15) is 0 Å². The molecule has 11 heteroatoms. The molecule has 0 fully saturated rings. The van der Waals surface area contributed by atoms with Crippen LogP contribution in [0.5, 0.6) is 11.5 Å². The molecule has 0 heterocycles. The molecule has 0 aliphatic heterocycles. The van der Waals surface area contributed by atoms with Gasteiger partial charge < -0.3 is 34.2 Å². The van der Waals surface area contributed by atoms with Crippen LogP contribution in [-0.4, -0.2) is 56.7 Å². The second-order valence-electron chi connectivity index (χ2n) is 7.30. The summed E-state index contributed by atoms with van der Waals surface area (Å²) in [6.07, 6.45) is -2.78. The number of rotatable bonds is 10. The van der Waals surface area contributed by atoms with E-state index in [0.717, 1.165) is 14.2 Å². The summed E-state index contributed by atoms with van der Waals surface area (Å²) in [5, 5.41) is 0. The zero-order chi connectivity index (χ0) is 25.1. The summed E-state index contributed by atoms with van der Waals surface area (Å²) in [6, 6.07) is 3.17. The highest BCUT2D eigenvalue weighted by atomic mass is 16.7. The van der Waals surface area contributed by atoms with Crippen LogP contribution in [0.1, 0.15) is 39.7 Å². The van der Waals surface area contributed by atoms with E-state index < -0.39 is 36.5 Å². The highest BCUT2D eigenvalue weighted by molar-refractivity contribution is 5.76. The van der Waals surface area contributed by atoms with E-state index in [0.29, 0.717) is 12.0 Å². The van der Waals surface area contributed by atoms with Gasteiger partial charge in [-0.25, -0.2) is 9.59 Å². The summed E-state index contributed by atoms with van der Waals surface area (Å²) in [5.41, 5.74) is 6.45. The van der Waals surface area contributed by atoms with Crippen LogP contribution in [0, 0.1) is 5.92 Å². The standard InChI is InChI=1S/C22H31NO10/c1-7-12(2)19(24)30-13(3)14(4)31-20(25)16(23)10-15-8-9-17(32-21(26)28-5)18(11-15)33-22(27)29-6/h8-9,11-14,16H,7,10,23H2,1-6H3/t12?,13-,14-,16-/m0/s1. The Morgan fingerprint density at radius 1 is 0.848 bits per heavy atom. The van der Waals surface area contributed by atoms with Crippen LogP contribution in [0.25, 0.3) is 0 Å². The lowest BCUT2D eigenvalue weighted by Crippen LogP contribution is -2.40. The molecule has 1 unspecified atom stereocenters. The maximum absolute atomic E-state index is 12.4. The van der Waals surface area contributed by atoms with Gasteiger partial charge in [0.2, 0.25) is 0 Å². The molecular weight excluding hydrogens is 438 g/mol. The Balaban J connectivity index is 2.83. The van der Waals surface area contributed by atoms with E-state index in [1.165, 1.54) is 18.2 Å². The first-order valence-corrected chi connectivity index (χ1v) is 10.3. The molecule has 4 atom stereocenters. The molecule has 2 N–H and O–H groups in total. The molecule has 1 aromatic rings. The highest BCUT2D eigenvalue weighted by Crippen LogP contribution is 2.30. The van der Waals surface area contributed by atoms with Gasteiger partial charge in [0, 0.05) is 0 Å². The van der Waals surface area contributed by atoms with Crippen LogP contribution in [0.15, 0.2) is 18.2 Å². The number of carbonyl (C=O) groups excluding carboxylic acids is 4. The van der Waals surface area contributed by atoms with Crippen molar-refractivity contribution in [3.63, 3.8) is 0 Å². The first-order chi connectivity index (χ1) is 15.5. The monoisotopic (exact) mass is 469 g/mol. The van der Waals surface area contributed by atoms with Gasteiger partial charge in [0.05, 0.1) is 20.1 Å². The molecule has 33 heavy (non-hydrogen) atoms. The van der Waals surface area contributed by atoms with Crippen molar-refractivity contribution in [3.8, 4) is 11.5 Å². The highest BCUT2D eigenvalue weighted by Gasteiger charge is 2.26. The molecule has 0 saturated heterocycles. The van der Waals surface area contributed by atoms with Crippen LogP contribution >= 0.6 is 0 Å². The van der Waals surface area contributed by atoms with Crippen molar-refractivity contribution in [2.75, 3.05) is 14.2 Å². The number of nitrogens with two attached hydrogens (primary N) is 1. The van der Waals surface area contributed by atoms with Gasteiger partial charge in [-0.15, -0.1) is 0 Å². The molecule has 1 aromatic carbocycles. The molecule has 0 radical (unpaired) electrons. The number of carbonyl (C=O) groups is 4. The zero-order valence-electron chi connectivity index (χ0n) is 19.6. The van der Waals surface area contributed by atoms with Crippen molar-refractivity contribution >= 4 is 24.2 Å². The van der Waals surface area contributed by atoms with Gasteiger partial charge in [-0.1, -0.05) is 19.9 Å². The fourth-order valence-corrected chi connectivity index (χ4v) is 2.37. The van der Waals surface area contributed by atoms with Crippen LogP contribution in [0.3, 0.4) is 0 Å².